The van der Waals surface area contributed by atoms with Gasteiger partial charge in [-0.15, -0.1) is 0 Å². The van der Waals surface area contributed by atoms with Crippen LogP contribution in [-0.4, -0.2) is 47.0 Å². The number of hydrogen-bond acceptors (Lipinski definition) is 5. The van der Waals surface area contributed by atoms with Crippen molar-refractivity contribution in [3.63, 3.8) is 0 Å². The van der Waals surface area contributed by atoms with Gasteiger partial charge >= 0.3 is 0 Å². The van der Waals surface area contributed by atoms with Gasteiger partial charge in [0.2, 0.25) is 0 Å². The fourth-order valence-electron chi connectivity index (χ4n) is 4.49. The normalized spacial score (nSPS) is 18.9. The summed E-state index contributed by atoms with van der Waals surface area (Å²) in [7, 11) is 0. The van der Waals surface area contributed by atoms with Crippen LogP contribution in [0.1, 0.15) is 36.8 Å². The number of aromatic nitrogens is 2. The molecule has 30 heavy (non-hydrogen) atoms. The van der Waals surface area contributed by atoms with Crippen molar-refractivity contribution in [2.75, 3.05) is 19.7 Å². The van der Waals surface area contributed by atoms with E-state index in [2.05, 4.69) is 27.4 Å². The van der Waals surface area contributed by atoms with Gasteiger partial charge in [-0.1, -0.05) is 24.3 Å². The SMILES string of the molecule is CC(CNCC(O)COc1cc2c(c3nc[nH]c13)C1CCC=C21)Oc1ccccc1. The van der Waals surface area contributed by atoms with E-state index in [1.807, 2.05) is 37.3 Å². The van der Waals surface area contributed by atoms with Gasteiger partial charge in [-0.05, 0) is 54.7 Å². The third-order valence-electron chi connectivity index (χ3n) is 5.88. The Hall–Kier alpha value is -2.83. The van der Waals surface area contributed by atoms with Gasteiger partial charge in [0, 0.05) is 19.0 Å². The van der Waals surface area contributed by atoms with Gasteiger partial charge in [-0.25, -0.2) is 4.98 Å². The summed E-state index contributed by atoms with van der Waals surface area (Å²) in [4.78, 5) is 7.74. The molecule has 2 aliphatic carbocycles. The number of imidazole rings is 1. The van der Waals surface area contributed by atoms with Crippen LogP contribution in [0.3, 0.4) is 0 Å². The molecule has 0 spiro atoms. The Kier molecular flexibility index (Phi) is 5.19. The molecule has 0 aliphatic heterocycles. The molecule has 3 aromatic rings. The minimum absolute atomic E-state index is 0.00531. The lowest BCUT2D eigenvalue weighted by molar-refractivity contribution is 0.103. The summed E-state index contributed by atoms with van der Waals surface area (Å²) in [6.45, 7) is 3.30. The van der Waals surface area contributed by atoms with Crippen molar-refractivity contribution in [1.29, 1.82) is 0 Å². The quantitative estimate of drug-likeness (QED) is 0.507. The van der Waals surface area contributed by atoms with Gasteiger partial charge in [-0.3, -0.25) is 0 Å². The maximum atomic E-state index is 10.4. The number of rotatable bonds is 9. The van der Waals surface area contributed by atoms with Crippen molar-refractivity contribution >= 4 is 16.6 Å². The number of allylic oxidation sites excluding steroid dienone is 2. The Balaban J connectivity index is 1.14. The van der Waals surface area contributed by atoms with Gasteiger partial charge in [0.15, 0.2) is 0 Å². The Labute approximate surface area is 175 Å². The van der Waals surface area contributed by atoms with Gasteiger partial charge in [0.1, 0.15) is 35.8 Å². The summed E-state index contributed by atoms with van der Waals surface area (Å²) < 4.78 is 11.8. The molecule has 0 amide bonds. The van der Waals surface area contributed by atoms with Crippen LogP contribution in [0.2, 0.25) is 0 Å². The zero-order valence-corrected chi connectivity index (χ0v) is 17.1. The number of nitrogens with zero attached hydrogens (tertiary/aromatic N) is 1. The largest absolute Gasteiger partial charge is 0.489 e. The first-order valence-electron chi connectivity index (χ1n) is 10.6. The Bertz CT molecular complexity index is 1060. The predicted molar refractivity (Wildman–Crippen MR) is 117 cm³/mol. The van der Waals surface area contributed by atoms with Crippen molar-refractivity contribution in [2.45, 2.75) is 37.9 Å². The lowest BCUT2D eigenvalue weighted by atomic mass is 9.73. The van der Waals surface area contributed by atoms with Crippen molar-refractivity contribution in [3.05, 3.63) is 59.9 Å². The number of hydrogen-bond donors (Lipinski definition) is 3. The summed E-state index contributed by atoms with van der Waals surface area (Å²) in [5.41, 5.74) is 5.95. The number of nitrogens with one attached hydrogen (secondary N) is 2. The zero-order chi connectivity index (χ0) is 20.5. The van der Waals surface area contributed by atoms with E-state index in [9.17, 15) is 5.11 Å². The van der Waals surface area contributed by atoms with Gasteiger partial charge in [0.25, 0.3) is 0 Å². The fraction of sp³-hybridized carbons (Fsp3) is 0.375. The predicted octanol–water partition coefficient (Wildman–Crippen LogP) is 3.63. The second kappa shape index (κ2) is 8.13. The highest BCUT2D eigenvalue weighted by Crippen LogP contribution is 2.55. The number of para-hydroxylation sites is 1. The first-order valence-corrected chi connectivity index (χ1v) is 10.6. The van der Waals surface area contributed by atoms with Crippen LogP contribution in [0.4, 0.5) is 0 Å². The van der Waals surface area contributed by atoms with E-state index < -0.39 is 6.10 Å². The molecule has 5 rings (SSSR count). The Morgan fingerprint density at radius 1 is 1.27 bits per heavy atom. The summed E-state index contributed by atoms with van der Waals surface area (Å²) >= 11 is 0. The molecular formula is C24H27N3O3. The van der Waals surface area contributed by atoms with Gasteiger partial charge < -0.3 is 24.9 Å². The number of aromatic amines is 1. The fourth-order valence-corrected chi connectivity index (χ4v) is 4.49. The van der Waals surface area contributed by atoms with Crippen LogP contribution in [0.25, 0.3) is 16.6 Å². The molecule has 3 unspecified atom stereocenters. The third-order valence-corrected chi connectivity index (χ3v) is 5.88. The molecule has 2 aromatic carbocycles. The molecular weight excluding hydrogens is 378 g/mol. The monoisotopic (exact) mass is 405 g/mol. The smallest absolute Gasteiger partial charge is 0.145 e. The van der Waals surface area contributed by atoms with Crippen molar-refractivity contribution in [2.24, 2.45) is 0 Å². The number of fused-ring (bicyclic) bond motifs is 6. The minimum atomic E-state index is -0.614. The number of aliphatic hydroxyl groups is 1. The maximum absolute atomic E-state index is 10.4. The Morgan fingerprint density at radius 2 is 2.13 bits per heavy atom. The highest BCUT2D eigenvalue weighted by Gasteiger charge is 2.38. The van der Waals surface area contributed by atoms with Gasteiger partial charge in [-0.2, -0.15) is 0 Å². The molecule has 0 fully saturated rings. The molecule has 3 N–H and O–H groups in total. The van der Waals surface area contributed by atoms with E-state index in [1.165, 1.54) is 23.1 Å². The van der Waals surface area contributed by atoms with Crippen LogP contribution in [0, 0.1) is 0 Å². The second-order valence-electron chi connectivity index (χ2n) is 8.12. The van der Waals surface area contributed by atoms with E-state index in [4.69, 9.17) is 9.47 Å². The van der Waals surface area contributed by atoms with Crippen LogP contribution < -0.4 is 14.8 Å². The van der Waals surface area contributed by atoms with Crippen LogP contribution >= 0.6 is 0 Å². The average Bonchev–Trinajstić information content (AvgIpc) is 3.38. The molecule has 3 atom stereocenters. The molecule has 0 radical (unpaired) electrons. The topological polar surface area (TPSA) is 79.4 Å². The average molecular weight is 405 g/mol. The molecule has 1 heterocycles. The van der Waals surface area contributed by atoms with Crippen molar-refractivity contribution in [1.82, 2.24) is 15.3 Å². The Morgan fingerprint density at radius 3 is 3.00 bits per heavy atom. The van der Waals surface area contributed by atoms with Gasteiger partial charge in [0.05, 0.1) is 11.8 Å². The molecule has 6 heteroatoms. The third kappa shape index (κ3) is 3.57. The molecule has 0 saturated heterocycles. The van der Waals surface area contributed by atoms with Crippen molar-refractivity contribution < 1.29 is 14.6 Å². The van der Waals surface area contributed by atoms with Crippen molar-refractivity contribution in [3.8, 4) is 11.5 Å². The van der Waals surface area contributed by atoms with Crippen LogP contribution in [-0.2, 0) is 0 Å². The first kappa shape index (κ1) is 19.2. The molecule has 2 aliphatic rings. The molecule has 0 bridgehead atoms. The number of aliphatic hydroxyl groups excluding tert-OH is 1. The minimum Gasteiger partial charge on any atom is -0.489 e. The first-order chi connectivity index (χ1) is 14.7. The lowest BCUT2D eigenvalue weighted by Gasteiger charge is -2.31. The molecule has 1 aromatic heterocycles. The summed E-state index contributed by atoms with van der Waals surface area (Å²) in [6.07, 6.45) is 5.75. The van der Waals surface area contributed by atoms with Crippen LogP contribution in [0.5, 0.6) is 11.5 Å². The summed E-state index contributed by atoms with van der Waals surface area (Å²) in [6, 6.07) is 11.8. The molecule has 6 nitrogen and oxygen atoms in total. The number of ether oxygens (including phenoxy) is 2. The number of H-pyrrole nitrogens is 1. The zero-order valence-electron chi connectivity index (χ0n) is 17.1. The summed E-state index contributed by atoms with van der Waals surface area (Å²) in [5.74, 6) is 2.14. The van der Waals surface area contributed by atoms with E-state index in [1.54, 1.807) is 6.33 Å². The van der Waals surface area contributed by atoms with E-state index >= 15 is 0 Å². The molecule has 0 saturated carbocycles. The molecule has 156 valence electrons. The van der Waals surface area contributed by atoms with E-state index in [0.29, 0.717) is 19.0 Å². The van der Waals surface area contributed by atoms with Crippen LogP contribution in [0.15, 0.2) is 48.8 Å². The summed E-state index contributed by atoms with van der Waals surface area (Å²) in [5, 5.41) is 13.6. The lowest BCUT2D eigenvalue weighted by Crippen LogP contribution is -2.36. The second-order valence-corrected chi connectivity index (χ2v) is 8.12. The van der Waals surface area contributed by atoms with E-state index in [-0.39, 0.29) is 12.7 Å². The highest BCUT2D eigenvalue weighted by molar-refractivity contribution is 5.99. The van der Waals surface area contributed by atoms with E-state index in [0.717, 1.165) is 29.0 Å². The standard InChI is InChI=1S/C24H27N3O3/c1-15(30-17-6-3-2-4-7-17)11-25-12-16(28)13-29-21-10-20-18-8-5-9-19(18)22(20)24-23(21)26-14-27-24/h2-4,6-8,10,14-16,19,25,28H,5,9,11-13H2,1H3,(H,26,27). The highest BCUT2D eigenvalue weighted by atomic mass is 16.5. The maximum Gasteiger partial charge on any atom is 0.145 e. The number of benzene rings is 2.